The molecule has 1 aromatic rings. The molecule has 0 radical (unpaired) electrons. The Labute approximate surface area is 97.6 Å². The fraction of sp³-hybridized carbons (Fsp3) is 0.583. The van der Waals surface area contributed by atoms with Gasteiger partial charge in [0, 0.05) is 18.7 Å². The van der Waals surface area contributed by atoms with Crippen molar-refractivity contribution >= 4 is 13.4 Å². The minimum Gasteiger partial charge on any atom is -0.353 e. The lowest BCUT2D eigenvalue weighted by molar-refractivity contribution is -0.161. The first-order valence-electron chi connectivity index (χ1n) is 6.00. The van der Waals surface area contributed by atoms with Gasteiger partial charge in [-0.25, -0.2) is 0 Å². The monoisotopic (exact) mass is 219 g/mol. The van der Waals surface area contributed by atoms with Gasteiger partial charge in [0.05, 0.1) is 6.61 Å². The Morgan fingerprint density at radius 3 is 3.12 bits per heavy atom. The third-order valence-corrected chi connectivity index (χ3v) is 2.75. The van der Waals surface area contributed by atoms with E-state index in [-0.39, 0.29) is 6.29 Å². The summed E-state index contributed by atoms with van der Waals surface area (Å²) in [6.07, 6.45) is 4.29. The zero-order chi connectivity index (χ0) is 11.2. The van der Waals surface area contributed by atoms with E-state index in [0.29, 0.717) is 6.61 Å². The number of ether oxygens (including phenoxy) is 2. The van der Waals surface area contributed by atoms with Crippen molar-refractivity contribution in [3.8, 4) is 0 Å². The van der Waals surface area contributed by atoms with E-state index in [2.05, 4.69) is 4.98 Å². The molecular formula is C12H18BNO2. The van der Waals surface area contributed by atoms with Gasteiger partial charge >= 0.3 is 0 Å². The first kappa shape index (κ1) is 11.6. The molecule has 1 fully saturated rings. The van der Waals surface area contributed by atoms with Crippen molar-refractivity contribution in [2.24, 2.45) is 0 Å². The molecule has 3 nitrogen and oxygen atoms in total. The van der Waals surface area contributed by atoms with Crippen LogP contribution in [-0.4, -0.2) is 32.3 Å². The van der Waals surface area contributed by atoms with Gasteiger partial charge in [0.25, 0.3) is 0 Å². The Balaban J connectivity index is 1.71. The minimum absolute atomic E-state index is 0.0126. The van der Waals surface area contributed by atoms with Crippen LogP contribution in [-0.2, 0) is 15.9 Å². The van der Waals surface area contributed by atoms with Gasteiger partial charge in [-0.3, -0.25) is 4.98 Å². The van der Waals surface area contributed by atoms with E-state index >= 15 is 0 Å². The fourth-order valence-corrected chi connectivity index (χ4v) is 1.88. The summed E-state index contributed by atoms with van der Waals surface area (Å²) in [5.74, 6) is 0. The van der Waals surface area contributed by atoms with Crippen LogP contribution in [0, 0.1) is 0 Å². The number of aromatic nitrogens is 1. The lowest BCUT2D eigenvalue weighted by atomic mass is 10.0. The van der Waals surface area contributed by atoms with Gasteiger partial charge in [-0.2, -0.15) is 0 Å². The summed E-state index contributed by atoms with van der Waals surface area (Å²) in [7, 11) is 2.01. The van der Waals surface area contributed by atoms with E-state index in [1.807, 2.05) is 26.0 Å². The van der Waals surface area contributed by atoms with Crippen LogP contribution in [0.15, 0.2) is 18.2 Å². The first-order chi connectivity index (χ1) is 7.84. The van der Waals surface area contributed by atoms with E-state index in [1.54, 1.807) is 0 Å². The van der Waals surface area contributed by atoms with E-state index in [1.165, 1.54) is 12.8 Å². The quantitative estimate of drug-likeness (QED) is 0.688. The van der Waals surface area contributed by atoms with Crippen molar-refractivity contribution in [1.29, 1.82) is 0 Å². The van der Waals surface area contributed by atoms with Crippen LogP contribution in [0.4, 0.5) is 0 Å². The Morgan fingerprint density at radius 1 is 1.44 bits per heavy atom. The molecule has 1 aliphatic heterocycles. The van der Waals surface area contributed by atoms with Crippen LogP contribution in [0.1, 0.15) is 25.0 Å². The van der Waals surface area contributed by atoms with E-state index < -0.39 is 0 Å². The normalized spacial score (nSPS) is 20.9. The van der Waals surface area contributed by atoms with Crippen LogP contribution < -0.4 is 5.59 Å². The molecule has 86 valence electrons. The summed E-state index contributed by atoms with van der Waals surface area (Å²) >= 11 is 0. The molecule has 0 spiro atoms. The van der Waals surface area contributed by atoms with Gasteiger partial charge in [0.15, 0.2) is 14.1 Å². The molecule has 1 aliphatic rings. The molecule has 4 heteroatoms. The van der Waals surface area contributed by atoms with Gasteiger partial charge in [-0.05, 0) is 30.9 Å². The molecule has 16 heavy (non-hydrogen) atoms. The maximum atomic E-state index is 5.66. The second kappa shape index (κ2) is 6.02. The van der Waals surface area contributed by atoms with E-state index in [9.17, 15) is 0 Å². The molecule has 0 N–H and O–H groups in total. The lowest BCUT2D eigenvalue weighted by Gasteiger charge is -2.22. The van der Waals surface area contributed by atoms with Gasteiger partial charge in [0.1, 0.15) is 0 Å². The van der Waals surface area contributed by atoms with Crippen molar-refractivity contribution in [2.45, 2.75) is 32.0 Å². The molecule has 2 heterocycles. The third-order valence-electron chi connectivity index (χ3n) is 2.75. The number of hydrogen-bond donors (Lipinski definition) is 0. The van der Waals surface area contributed by atoms with Crippen molar-refractivity contribution in [3.05, 3.63) is 23.9 Å². The highest BCUT2D eigenvalue weighted by molar-refractivity contribution is 6.30. The average Bonchev–Trinajstić information content (AvgIpc) is 2.30. The van der Waals surface area contributed by atoms with Crippen LogP contribution in [0.3, 0.4) is 0 Å². The molecule has 0 aliphatic carbocycles. The summed E-state index contributed by atoms with van der Waals surface area (Å²) in [5.41, 5.74) is 2.15. The highest BCUT2D eigenvalue weighted by Gasteiger charge is 2.13. The maximum Gasteiger partial charge on any atom is 0.163 e. The predicted molar refractivity (Wildman–Crippen MR) is 65.7 cm³/mol. The van der Waals surface area contributed by atoms with Crippen LogP contribution in [0.2, 0.25) is 0 Å². The van der Waals surface area contributed by atoms with Gasteiger partial charge in [-0.1, -0.05) is 12.1 Å². The predicted octanol–water partition coefficient (Wildman–Crippen LogP) is 0.426. The smallest absolute Gasteiger partial charge is 0.163 e. The Bertz CT molecular complexity index is 327. The van der Waals surface area contributed by atoms with Crippen LogP contribution >= 0.6 is 0 Å². The molecule has 0 saturated carbocycles. The Kier molecular flexibility index (Phi) is 4.37. The summed E-state index contributed by atoms with van der Waals surface area (Å²) in [5, 5.41) is 0. The minimum atomic E-state index is 0.0126. The van der Waals surface area contributed by atoms with Gasteiger partial charge < -0.3 is 9.47 Å². The largest absolute Gasteiger partial charge is 0.353 e. The summed E-state index contributed by atoms with van der Waals surface area (Å²) in [4.78, 5) is 4.44. The molecule has 1 saturated heterocycles. The Morgan fingerprint density at radius 2 is 2.38 bits per heavy atom. The summed E-state index contributed by atoms with van der Waals surface area (Å²) < 4.78 is 11.2. The second-order valence-corrected chi connectivity index (χ2v) is 4.19. The van der Waals surface area contributed by atoms with Crippen LogP contribution in [0.25, 0.3) is 0 Å². The standard InChI is InChI=1S/C12H18BNO2/c13-11-5-3-4-10(14-11)7-9-16-12-6-1-2-8-15-12/h3-5,12H,1-2,6-9,13H2. The van der Waals surface area contributed by atoms with Crippen molar-refractivity contribution in [3.63, 3.8) is 0 Å². The molecule has 1 unspecified atom stereocenters. The summed E-state index contributed by atoms with van der Waals surface area (Å²) in [6.45, 7) is 1.54. The fourth-order valence-electron chi connectivity index (χ4n) is 1.88. The first-order valence-corrected chi connectivity index (χ1v) is 6.00. The second-order valence-electron chi connectivity index (χ2n) is 4.19. The number of pyridine rings is 1. The molecule has 0 aromatic carbocycles. The van der Waals surface area contributed by atoms with Crippen molar-refractivity contribution < 1.29 is 9.47 Å². The van der Waals surface area contributed by atoms with Gasteiger partial charge in [-0.15, -0.1) is 0 Å². The Hall–Kier alpha value is -0.865. The zero-order valence-corrected chi connectivity index (χ0v) is 9.82. The highest BCUT2D eigenvalue weighted by Crippen LogP contribution is 2.13. The number of rotatable bonds is 4. The van der Waals surface area contributed by atoms with Crippen LogP contribution in [0.5, 0.6) is 0 Å². The SMILES string of the molecule is Bc1cccc(CCOC2CCCCO2)n1. The number of hydrogen-bond acceptors (Lipinski definition) is 3. The van der Waals surface area contributed by atoms with Gasteiger partial charge in [0.2, 0.25) is 0 Å². The maximum absolute atomic E-state index is 5.66. The molecule has 2 rings (SSSR count). The third kappa shape index (κ3) is 3.61. The highest BCUT2D eigenvalue weighted by atomic mass is 16.7. The van der Waals surface area contributed by atoms with Crippen molar-refractivity contribution in [1.82, 2.24) is 4.98 Å². The van der Waals surface area contributed by atoms with E-state index in [0.717, 1.165) is 30.7 Å². The van der Waals surface area contributed by atoms with Crippen molar-refractivity contribution in [2.75, 3.05) is 13.2 Å². The lowest BCUT2D eigenvalue weighted by Crippen LogP contribution is -2.23. The molecule has 1 atom stereocenters. The average molecular weight is 219 g/mol. The van der Waals surface area contributed by atoms with E-state index in [4.69, 9.17) is 9.47 Å². The molecular weight excluding hydrogens is 201 g/mol. The zero-order valence-electron chi connectivity index (χ0n) is 9.82. The molecule has 0 amide bonds. The topological polar surface area (TPSA) is 31.4 Å². The molecule has 0 bridgehead atoms. The molecule has 1 aromatic heterocycles. The summed E-state index contributed by atoms with van der Waals surface area (Å²) in [6, 6.07) is 6.08. The number of nitrogens with zero attached hydrogens (tertiary/aromatic N) is 1.